The van der Waals surface area contributed by atoms with Gasteiger partial charge in [0.25, 0.3) is 0 Å². The van der Waals surface area contributed by atoms with Gasteiger partial charge in [-0.1, -0.05) is 29.8 Å². The zero-order chi connectivity index (χ0) is 5.11. The second-order valence-corrected chi connectivity index (χ2v) is 1.73. The lowest BCUT2D eigenvalue weighted by atomic mass is 10.4. The summed E-state index contributed by atoms with van der Waals surface area (Å²) in [5.74, 6) is 0. The molecule has 0 bridgehead atoms. The summed E-state index contributed by atoms with van der Waals surface area (Å²) in [5, 5.41) is 0.794. The van der Waals surface area contributed by atoms with E-state index < -0.39 is 0 Å². The average molecular weight is 173 g/mol. The van der Waals surface area contributed by atoms with Gasteiger partial charge in [0.15, 0.2) is 0 Å². The van der Waals surface area contributed by atoms with Crippen molar-refractivity contribution in [3.63, 3.8) is 0 Å². The Morgan fingerprint density at radius 1 is 0.800 bits per heavy atom. The summed E-state index contributed by atoms with van der Waals surface area (Å²) in [6.07, 6.45) is 0. The highest BCUT2D eigenvalue weighted by atomic mass is 35.5. The quantitative estimate of drug-likeness (QED) is 0.565. The Morgan fingerprint density at radius 3 is 1.40 bits per heavy atom. The molecule has 10 heavy (non-hydrogen) atoms. The second-order valence-electron chi connectivity index (χ2n) is 1.30. The normalized spacial score (nSPS) is 6.10. The van der Waals surface area contributed by atoms with Crippen LogP contribution in [0.2, 0.25) is 5.02 Å². The molecule has 1 rings (SSSR count). The van der Waals surface area contributed by atoms with Gasteiger partial charge in [0, 0.05) is 5.02 Å². The number of benzene rings is 1. The van der Waals surface area contributed by atoms with E-state index in [9.17, 15) is 0 Å². The van der Waals surface area contributed by atoms with Gasteiger partial charge in [0.1, 0.15) is 0 Å². The minimum Gasteiger partial charge on any atom is -0.269 e. The molecule has 0 aliphatic heterocycles. The number of hydrogen-bond acceptors (Lipinski definition) is 0. The largest absolute Gasteiger partial charge is 0.269 e. The molecule has 0 atom stereocenters. The van der Waals surface area contributed by atoms with Crippen LogP contribution in [0.25, 0.3) is 0 Å². The molecular weight excluding hydrogens is 165 g/mol. The van der Waals surface area contributed by atoms with Crippen LogP contribution >= 0.6 is 11.6 Å². The van der Waals surface area contributed by atoms with E-state index >= 15 is 0 Å². The predicted octanol–water partition coefficient (Wildman–Crippen LogP) is 2.80. The maximum Gasteiger partial charge on any atom is 0.0405 e. The molecule has 0 N–H and O–H groups in total. The summed E-state index contributed by atoms with van der Waals surface area (Å²) in [5.41, 5.74) is 0. The van der Waals surface area contributed by atoms with Crippen LogP contribution in [0.1, 0.15) is 0 Å². The molecular formula is C6H8ClF3. The van der Waals surface area contributed by atoms with Gasteiger partial charge in [-0.3, -0.25) is 14.1 Å². The van der Waals surface area contributed by atoms with Crippen LogP contribution in [-0.2, 0) is 0 Å². The molecule has 0 aliphatic rings. The van der Waals surface area contributed by atoms with E-state index in [1.54, 1.807) is 0 Å². The summed E-state index contributed by atoms with van der Waals surface area (Å²) < 4.78 is 0. The van der Waals surface area contributed by atoms with E-state index in [-0.39, 0.29) is 14.1 Å². The van der Waals surface area contributed by atoms with Crippen LogP contribution < -0.4 is 0 Å². The fourth-order valence-corrected chi connectivity index (χ4v) is 0.560. The van der Waals surface area contributed by atoms with E-state index in [1.807, 2.05) is 30.3 Å². The van der Waals surface area contributed by atoms with Crippen LogP contribution in [0.15, 0.2) is 30.3 Å². The molecule has 0 heterocycles. The molecule has 0 nitrogen and oxygen atoms in total. The first-order chi connectivity index (χ1) is 3.39. The van der Waals surface area contributed by atoms with Crippen LogP contribution in [-0.4, -0.2) is 0 Å². The lowest BCUT2D eigenvalue weighted by molar-refractivity contribution is 1.11. The van der Waals surface area contributed by atoms with Crippen molar-refractivity contribution in [2.75, 3.05) is 0 Å². The molecule has 1 aromatic carbocycles. The van der Waals surface area contributed by atoms with Gasteiger partial charge in [0.2, 0.25) is 0 Å². The zero-order valence-electron chi connectivity index (χ0n) is 4.99. The van der Waals surface area contributed by atoms with Crippen LogP contribution in [0.5, 0.6) is 0 Å². The molecule has 0 aromatic heterocycles. The van der Waals surface area contributed by atoms with Gasteiger partial charge in [0.05, 0.1) is 0 Å². The third-order valence-corrected chi connectivity index (χ3v) is 0.985. The van der Waals surface area contributed by atoms with Crippen molar-refractivity contribution >= 4 is 11.6 Å². The summed E-state index contributed by atoms with van der Waals surface area (Å²) >= 11 is 5.54. The Morgan fingerprint density at radius 2 is 1.20 bits per heavy atom. The van der Waals surface area contributed by atoms with Crippen molar-refractivity contribution in [3.05, 3.63) is 35.4 Å². The summed E-state index contributed by atoms with van der Waals surface area (Å²) in [6, 6.07) is 9.44. The standard InChI is InChI=1S/C6H5Cl.3FH/c7-6-4-2-1-3-5-6;;;/h1-5H;3*1H. The van der Waals surface area contributed by atoms with Gasteiger partial charge < -0.3 is 0 Å². The molecule has 0 amide bonds. The summed E-state index contributed by atoms with van der Waals surface area (Å²) in [4.78, 5) is 0. The molecule has 0 unspecified atom stereocenters. The zero-order valence-corrected chi connectivity index (χ0v) is 5.75. The van der Waals surface area contributed by atoms with Gasteiger partial charge in [-0.2, -0.15) is 0 Å². The highest BCUT2D eigenvalue weighted by Crippen LogP contribution is 2.03. The maximum absolute atomic E-state index is 5.54. The van der Waals surface area contributed by atoms with Gasteiger partial charge in [-0.25, -0.2) is 0 Å². The van der Waals surface area contributed by atoms with Crippen LogP contribution in [0.3, 0.4) is 0 Å². The van der Waals surface area contributed by atoms with Crippen LogP contribution in [0.4, 0.5) is 14.1 Å². The minimum absolute atomic E-state index is 0. The van der Waals surface area contributed by atoms with E-state index in [4.69, 9.17) is 11.6 Å². The Balaban J connectivity index is -0.000000163. The topological polar surface area (TPSA) is 0 Å². The molecule has 0 radical (unpaired) electrons. The fraction of sp³-hybridized carbons (Fsp3) is 0. The van der Waals surface area contributed by atoms with E-state index in [0.717, 1.165) is 5.02 Å². The van der Waals surface area contributed by atoms with Crippen molar-refractivity contribution in [2.45, 2.75) is 0 Å². The van der Waals surface area contributed by atoms with Crippen molar-refractivity contribution in [2.24, 2.45) is 0 Å². The van der Waals surface area contributed by atoms with Crippen molar-refractivity contribution in [1.82, 2.24) is 0 Å². The summed E-state index contributed by atoms with van der Waals surface area (Å²) in [7, 11) is 0. The molecule has 0 aliphatic carbocycles. The first kappa shape index (κ1) is 16.1. The highest BCUT2D eigenvalue weighted by molar-refractivity contribution is 6.30. The third-order valence-electron chi connectivity index (χ3n) is 0.733. The van der Waals surface area contributed by atoms with Gasteiger partial charge in [-0.15, -0.1) is 0 Å². The van der Waals surface area contributed by atoms with Gasteiger partial charge >= 0.3 is 0 Å². The maximum atomic E-state index is 5.54. The Kier molecular flexibility index (Phi) is 13.4. The van der Waals surface area contributed by atoms with Crippen molar-refractivity contribution in [3.8, 4) is 0 Å². The van der Waals surface area contributed by atoms with Crippen molar-refractivity contribution in [1.29, 1.82) is 0 Å². The Hall–Kier alpha value is -0.700. The first-order valence-electron chi connectivity index (χ1n) is 2.10. The van der Waals surface area contributed by atoms with Crippen molar-refractivity contribution < 1.29 is 14.1 Å². The monoisotopic (exact) mass is 172 g/mol. The molecule has 0 saturated carbocycles. The lowest BCUT2D eigenvalue weighted by Crippen LogP contribution is -1.55. The highest BCUT2D eigenvalue weighted by Gasteiger charge is 1.74. The average Bonchev–Trinajstić information content (AvgIpc) is 1.69. The predicted molar refractivity (Wildman–Crippen MR) is 39.0 cm³/mol. The number of rotatable bonds is 0. The molecule has 0 saturated heterocycles. The number of hydrogen-bond donors (Lipinski definition) is 0. The Bertz CT molecular complexity index is 143. The van der Waals surface area contributed by atoms with Crippen LogP contribution in [0, 0.1) is 0 Å². The van der Waals surface area contributed by atoms with E-state index in [0.29, 0.717) is 0 Å². The first-order valence-corrected chi connectivity index (χ1v) is 2.48. The molecule has 0 spiro atoms. The third kappa shape index (κ3) is 5.44. The SMILES string of the molecule is Clc1ccccc1.F.F.F. The second kappa shape index (κ2) is 8.30. The smallest absolute Gasteiger partial charge is 0.0405 e. The Labute approximate surface area is 61.9 Å². The molecule has 0 fully saturated rings. The number of halogens is 4. The van der Waals surface area contributed by atoms with E-state index in [1.165, 1.54) is 0 Å². The van der Waals surface area contributed by atoms with E-state index in [2.05, 4.69) is 0 Å². The minimum atomic E-state index is 0. The molecule has 60 valence electrons. The fourth-order valence-electron chi connectivity index (χ4n) is 0.415. The lowest BCUT2D eigenvalue weighted by Gasteiger charge is -1.80. The molecule has 4 heteroatoms. The van der Waals surface area contributed by atoms with Gasteiger partial charge in [-0.05, 0) is 12.1 Å². The summed E-state index contributed by atoms with van der Waals surface area (Å²) in [6.45, 7) is 0. The molecule has 1 aromatic rings.